The van der Waals surface area contributed by atoms with Crippen molar-refractivity contribution in [3.63, 3.8) is 0 Å². The van der Waals surface area contributed by atoms with Gasteiger partial charge < -0.3 is 10.1 Å². The molecule has 32 heavy (non-hydrogen) atoms. The van der Waals surface area contributed by atoms with Gasteiger partial charge in [-0.2, -0.15) is 0 Å². The molecule has 0 unspecified atom stereocenters. The van der Waals surface area contributed by atoms with E-state index < -0.39 is 0 Å². The maximum absolute atomic E-state index is 12.5. The third kappa shape index (κ3) is 5.97. The quantitative estimate of drug-likeness (QED) is 0.523. The van der Waals surface area contributed by atoms with Crippen LogP contribution in [0.3, 0.4) is 0 Å². The van der Waals surface area contributed by atoms with Crippen LogP contribution in [0.1, 0.15) is 30.9 Å². The number of rotatable bonds is 8. The van der Waals surface area contributed by atoms with Crippen LogP contribution in [-0.4, -0.2) is 57.6 Å². The zero-order valence-corrected chi connectivity index (χ0v) is 19.3. The van der Waals surface area contributed by atoms with Gasteiger partial charge in [0.05, 0.1) is 19.0 Å². The number of carbonyl (C=O) groups is 1. The van der Waals surface area contributed by atoms with E-state index in [1.807, 2.05) is 16.7 Å². The molecule has 8 heteroatoms. The molecule has 4 rings (SSSR count). The molecule has 0 saturated carbocycles. The van der Waals surface area contributed by atoms with Crippen molar-refractivity contribution in [2.75, 3.05) is 37.4 Å². The minimum Gasteiger partial charge on any atom is -0.379 e. The predicted octanol–water partition coefficient (Wildman–Crippen LogP) is 3.95. The number of thioether (sulfide) groups is 1. The summed E-state index contributed by atoms with van der Waals surface area (Å²) < 4.78 is 7.30. The van der Waals surface area contributed by atoms with Crippen molar-refractivity contribution in [1.29, 1.82) is 0 Å². The number of anilines is 1. The fourth-order valence-electron chi connectivity index (χ4n) is 3.56. The Morgan fingerprint density at radius 3 is 2.50 bits per heavy atom. The van der Waals surface area contributed by atoms with E-state index in [0.717, 1.165) is 44.2 Å². The summed E-state index contributed by atoms with van der Waals surface area (Å²) in [4.78, 5) is 14.8. The maximum Gasteiger partial charge on any atom is 0.234 e. The van der Waals surface area contributed by atoms with Gasteiger partial charge in [-0.1, -0.05) is 49.9 Å². The summed E-state index contributed by atoms with van der Waals surface area (Å²) in [6.07, 6.45) is 1.68. The highest BCUT2D eigenvalue weighted by Gasteiger charge is 2.12. The molecule has 0 bridgehead atoms. The van der Waals surface area contributed by atoms with E-state index in [1.165, 1.54) is 22.9 Å². The van der Waals surface area contributed by atoms with E-state index in [9.17, 15) is 4.79 Å². The Bertz CT molecular complexity index is 1010. The van der Waals surface area contributed by atoms with Gasteiger partial charge in [0.15, 0.2) is 5.16 Å². The highest BCUT2D eigenvalue weighted by molar-refractivity contribution is 7.99. The summed E-state index contributed by atoms with van der Waals surface area (Å²) in [6.45, 7) is 8.76. The Morgan fingerprint density at radius 2 is 1.81 bits per heavy atom. The molecule has 0 radical (unpaired) electrons. The molecule has 0 aliphatic carbocycles. The lowest BCUT2D eigenvalue weighted by atomic mass is 10.0. The van der Waals surface area contributed by atoms with E-state index in [1.54, 1.807) is 6.33 Å². The second-order valence-corrected chi connectivity index (χ2v) is 9.09. The Hall–Kier alpha value is -2.68. The maximum atomic E-state index is 12.5. The summed E-state index contributed by atoms with van der Waals surface area (Å²) in [5.41, 5.74) is 4.30. The largest absolute Gasteiger partial charge is 0.379 e. The number of benzene rings is 2. The van der Waals surface area contributed by atoms with Crippen LogP contribution >= 0.6 is 11.8 Å². The molecule has 1 saturated heterocycles. The molecular formula is C24H29N5O2S. The van der Waals surface area contributed by atoms with Crippen LogP contribution in [0.25, 0.3) is 5.69 Å². The molecule has 7 nitrogen and oxygen atoms in total. The van der Waals surface area contributed by atoms with Gasteiger partial charge in [-0.25, -0.2) is 0 Å². The molecule has 1 N–H and O–H groups in total. The fraction of sp³-hybridized carbons (Fsp3) is 0.375. The van der Waals surface area contributed by atoms with Crippen molar-refractivity contribution in [3.8, 4) is 5.69 Å². The van der Waals surface area contributed by atoms with Crippen LogP contribution in [0.5, 0.6) is 0 Å². The van der Waals surface area contributed by atoms with Gasteiger partial charge in [-0.15, -0.1) is 10.2 Å². The minimum absolute atomic E-state index is 0.0689. The highest BCUT2D eigenvalue weighted by atomic mass is 32.2. The fourth-order valence-corrected chi connectivity index (χ4v) is 4.29. The van der Waals surface area contributed by atoms with Gasteiger partial charge >= 0.3 is 0 Å². The second kappa shape index (κ2) is 10.8. The Balaban J connectivity index is 1.29. The van der Waals surface area contributed by atoms with Gasteiger partial charge in [-0.05, 0) is 41.3 Å². The molecular weight excluding hydrogens is 422 g/mol. The lowest BCUT2D eigenvalue weighted by molar-refractivity contribution is -0.113. The van der Waals surface area contributed by atoms with Gasteiger partial charge in [0, 0.05) is 31.0 Å². The predicted molar refractivity (Wildman–Crippen MR) is 127 cm³/mol. The van der Waals surface area contributed by atoms with E-state index in [0.29, 0.717) is 11.1 Å². The first kappa shape index (κ1) is 22.5. The molecule has 2 heterocycles. The average molecular weight is 452 g/mol. The molecule has 2 aromatic carbocycles. The molecule has 1 fully saturated rings. The number of aromatic nitrogens is 3. The number of ether oxygens (including phenoxy) is 1. The number of morpholine rings is 1. The van der Waals surface area contributed by atoms with E-state index in [-0.39, 0.29) is 11.7 Å². The first-order chi connectivity index (χ1) is 15.6. The van der Waals surface area contributed by atoms with Crippen molar-refractivity contribution in [1.82, 2.24) is 19.7 Å². The Morgan fingerprint density at radius 1 is 1.09 bits per heavy atom. The monoisotopic (exact) mass is 451 g/mol. The van der Waals surface area contributed by atoms with Crippen LogP contribution in [0.15, 0.2) is 60.0 Å². The van der Waals surface area contributed by atoms with Crippen LogP contribution in [0.2, 0.25) is 0 Å². The van der Waals surface area contributed by atoms with E-state index >= 15 is 0 Å². The van der Waals surface area contributed by atoms with Crippen molar-refractivity contribution in [2.45, 2.75) is 31.5 Å². The standard InChI is InChI=1S/C24H29N5O2S/c1-18(2)20-5-9-22(10-6-20)29-17-25-27-24(29)32-16-23(30)26-21-7-3-19(4-8-21)15-28-11-13-31-14-12-28/h3-10,17-18H,11-16H2,1-2H3,(H,26,30). The lowest BCUT2D eigenvalue weighted by Gasteiger charge is -2.26. The number of nitrogens with one attached hydrogen (secondary N) is 1. The smallest absolute Gasteiger partial charge is 0.234 e. The van der Waals surface area contributed by atoms with Gasteiger partial charge in [0.2, 0.25) is 5.91 Å². The Labute approximate surface area is 193 Å². The van der Waals surface area contributed by atoms with Gasteiger partial charge in [-0.3, -0.25) is 14.3 Å². The van der Waals surface area contributed by atoms with Gasteiger partial charge in [0.1, 0.15) is 6.33 Å². The number of hydrogen-bond acceptors (Lipinski definition) is 6. The van der Waals surface area contributed by atoms with Crippen molar-refractivity contribution in [2.24, 2.45) is 0 Å². The van der Waals surface area contributed by atoms with Crippen molar-refractivity contribution < 1.29 is 9.53 Å². The van der Waals surface area contributed by atoms with E-state index in [4.69, 9.17) is 4.74 Å². The molecule has 1 aromatic heterocycles. The SMILES string of the molecule is CC(C)c1ccc(-n2cnnc2SCC(=O)Nc2ccc(CN3CCOCC3)cc2)cc1. The van der Waals surface area contributed by atoms with Crippen LogP contribution in [0, 0.1) is 0 Å². The normalized spacial score (nSPS) is 14.6. The summed E-state index contributed by atoms with van der Waals surface area (Å²) in [5.74, 6) is 0.676. The summed E-state index contributed by atoms with van der Waals surface area (Å²) in [5, 5.41) is 11.9. The average Bonchev–Trinajstić information content (AvgIpc) is 3.28. The third-order valence-corrected chi connectivity index (χ3v) is 6.38. The molecule has 1 aliphatic heterocycles. The number of nitrogens with zero attached hydrogens (tertiary/aromatic N) is 4. The molecule has 0 atom stereocenters. The summed E-state index contributed by atoms with van der Waals surface area (Å²) in [7, 11) is 0. The first-order valence-electron chi connectivity index (χ1n) is 10.9. The summed E-state index contributed by atoms with van der Waals surface area (Å²) in [6, 6.07) is 16.4. The van der Waals surface area contributed by atoms with Crippen LogP contribution < -0.4 is 5.32 Å². The first-order valence-corrected chi connectivity index (χ1v) is 11.9. The second-order valence-electron chi connectivity index (χ2n) is 8.15. The summed E-state index contributed by atoms with van der Waals surface area (Å²) >= 11 is 1.37. The minimum atomic E-state index is -0.0689. The lowest BCUT2D eigenvalue weighted by Crippen LogP contribution is -2.35. The van der Waals surface area contributed by atoms with Crippen molar-refractivity contribution >= 4 is 23.4 Å². The molecule has 1 amide bonds. The molecule has 168 valence electrons. The van der Waals surface area contributed by atoms with Crippen LogP contribution in [-0.2, 0) is 16.1 Å². The zero-order chi connectivity index (χ0) is 22.3. The van der Waals surface area contributed by atoms with Crippen molar-refractivity contribution in [3.05, 3.63) is 66.0 Å². The molecule has 1 aliphatic rings. The van der Waals surface area contributed by atoms with E-state index in [2.05, 4.69) is 70.7 Å². The highest BCUT2D eigenvalue weighted by Crippen LogP contribution is 2.22. The Kier molecular flexibility index (Phi) is 7.57. The number of hydrogen-bond donors (Lipinski definition) is 1. The van der Waals surface area contributed by atoms with Crippen LogP contribution in [0.4, 0.5) is 5.69 Å². The third-order valence-electron chi connectivity index (χ3n) is 5.43. The molecule has 0 spiro atoms. The molecule has 3 aromatic rings. The number of amides is 1. The topological polar surface area (TPSA) is 72.3 Å². The van der Waals surface area contributed by atoms with Gasteiger partial charge in [0.25, 0.3) is 0 Å². The zero-order valence-electron chi connectivity index (χ0n) is 18.5. The number of carbonyl (C=O) groups excluding carboxylic acids is 1.